The first-order valence-corrected chi connectivity index (χ1v) is 4.10. The molecule has 0 rings (SSSR count). The van der Waals surface area contributed by atoms with Crippen LogP contribution >= 0.6 is 0 Å². The van der Waals surface area contributed by atoms with E-state index in [2.05, 4.69) is 27.4 Å². The fourth-order valence-electron chi connectivity index (χ4n) is 0.897. The lowest BCUT2D eigenvalue weighted by Gasteiger charge is -2.06. The third-order valence-corrected chi connectivity index (χ3v) is 1.79. The summed E-state index contributed by atoms with van der Waals surface area (Å²) in [6.45, 7) is 12.1. The van der Waals surface area contributed by atoms with Crippen LogP contribution in [0, 0.1) is 12.8 Å². The van der Waals surface area contributed by atoms with Crippen molar-refractivity contribution in [3.05, 3.63) is 19.1 Å². The van der Waals surface area contributed by atoms with E-state index in [1.807, 2.05) is 0 Å². The molecule has 10 heavy (non-hydrogen) atoms. The van der Waals surface area contributed by atoms with Gasteiger partial charge < -0.3 is 0 Å². The van der Waals surface area contributed by atoms with Crippen molar-refractivity contribution in [2.75, 3.05) is 0 Å². The van der Waals surface area contributed by atoms with Gasteiger partial charge in [-0.1, -0.05) is 32.3 Å². The average Bonchev–Trinajstić information content (AvgIpc) is 1.87. The maximum atomic E-state index is 3.86. The lowest BCUT2D eigenvalue weighted by Crippen LogP contribution is -1.91. The number of allylic oxidation sites excluding steroid dienone is 1. The minimum atomic E-state index is 0.791. The molecule has 0 heteroatoms. The Labute approximate surface area is 65.3 Å². The minimum absolute atomic E-state index is 0.791. The van der Waals surface area contributed by atoms with Crippen molar-refractivity contribution in [1.29, 1.82) is 0 Å². The molecule has 0 aromatic rings. The van der Waals surface area contributed by atoms with Crippen molar-refractivity contribution >= 4 is 0 Å². The molecule has 0 aliphatic heterocycles. The molecule has 1 unspecified atom stereocenters. The van der Waals surface area contributed by atoms with E-state index in [1.54, 1.807) is 0 Å². The molecule has 0 saturated heterocycles. The molecule has 0 aromatic heterocycles. The minimum Gasteiger partial charge on any atom is -0.100 e. The van der Waals surface area contributed by atoms with Gasteiger partial charge >= 0.3 is 0 Å². The van der Waals surface area contributed by atoms with E-state index in [0.29, 0.717) is 0 Å². The third-order valence-electron chi connectivity index (χ3n) is 1.79. The lowest BCUT2D eigenvalue weighted by molar-refractivity contribution is 0.514. The van der Waals surface area contributed by atoms with Gasteiger partial charge in [0.25, 0.3) is 0 Å². The maximum Gasteiger partial charge on any atom is -0.0326 e. The summed E-state index contributed by atoms with van der Waals surface area (Å²) in [6.07, 6.45) is 4.84. The summed E-state index contributed by atoms with van der Waals surface area (Å²) in [4.78, 5) is 0. The molecule has 0 nitrogen and oxygen atoms in total. The summed E-state index contributed by atoms with van der Waals surface area (Å²) in [5, 5.41) is 0. The SMILES string of the molecule is [CH2]CC(C)CCCC(=C)C. The van der Waals surface area contributed by atoms with Crippen LogP contribution in [0.5, 0.6) is 0 Å². The summed E-state index contributed by atoms with van der Waals surface area (Å²) < 4.78 is 0. The quantitative estimate of drug-likeness (QED) is 0.510. The van der Waals surface area contributed by atoms with Gasteiger partial charge in [-0.15, -0.1) is 6.58 Å². The normalized spacial score (nSPS) is 13.1. The van der Waals surface area contributed by atoms with Crippen LogP contribution in [-0.4, -0.2) is 0 Å². The molecule has 0 aromatic carbocycles. The molecule has 0 spiro atoms. The zero-order valence-corrected chi connectivity index (χ0v) is 7.32. The van der Waals surface area contributed by atoms with Crippen LogP contribution in [0.2, 0.25) is 0 Å². The molecule has 0 heterocycles. The summed E-state index contributed by atoms with van der Waals surface area (Å²) in [5.41, 5.74) is 1.30. The highest BCUT2D eigenvalue weighted by Crippen LogP contribution is 2.12. The molecule has 59 valence electrons. The standard InChI is InChI=1S/C10H19/c1-5-10(4)8-6-7-9(2)3/h10H,1-2,5-8H2,3-4H3. The smallest absolute Gasteiger partial charge is 0.0326 e. The van der Waals surface area contributed by atoms with Crippen LogP contribution in [0.15, 0.2) is 12.2 Å². The highest BCUT2D eigenvalue weighted by molar-refractivity contribution is 4.87. The molecule has 0 aliphatic rings. The van der Waals surface area contributed by atoms with Gasteiger partial charge in [0.2, 0.25) is 0 Å². The molecule has 0 amide bonds. The second kappa shape index (κ2) is 5.52. The Bertz CT molecular complexity index is 92.2. The molecular weight excluding hydrogens is 120 g/mol. The molecule has 0 saturated carbocycles. The van der Waals surface area contributed by atoms with Crippen molar-refractivity contribution in [3.8, 4) is 0 Å². The Morgan fingerprint density at radius 3 is 2.50 bits per heavy atom. The Kier molecular flexibility index (Phi) is 5.38. The molecule has 0 bridgehead atoms. The van der Waals surface area contributed by atoms with Gasteiger partial charge in [0.05, 0.1) is 0 Å². The van der Waals surface area contributed by atoms with E-state index in [4.69, 9.17) is 0 Å². The monoisotopic (exact) mass is 139 g/mol. The summed E-state index contributed by atoms with van der Waals surface area (Å²) in [6, 6.07) is 0. The van der Waals surface area contributed by atoms with Gasteiger partial charge in [-0.25, -0.2) is 0 Å². The van der Waals surface area contributed by atoms with E-state index < -0.39 is 0 Å². The van der Waals surface area contributed by atoms with Gasteiger partial charge in [0, 0.05) is 0 Å². The number of rotatable bonds is 5. The van der Waals surface area contributed by atoms with E-state index in [1.165, 1.54) is 24.8 Å². The first-order valence-electron chi connectivity index (χ1n) is 4.10. The topological polar surface area (TPSA) is 0 Å². The van der Waals surface area contributed by atoms with Crippen LogP contribution in [0.3, 0.4) is 0 Å². The van der Waals surface area contributed by atoms with Gasteiger partial charge in [0.15, 0.2) is 0 Å². The Morgan fingerprint density at radius 1 is 1.50 bits per heavy atom. The van der Waals surface area contributed by atoms with Crippen LogP contribution in [-0.2, 0) is 0 Å². The zero-order chi connectivity index (χ0) is 7.98. The van der Waals surface area contributed by atoms with Gasteiger partial charge in [-0.2, -0.15) is 0 Å². The van der Waals surface area contributed by atoms with E-state index in [9.17, 15) is 0 Å². The fourth-order valence-corrected chi connectivity index (χ4v) is 0.897. The Balaban J connectivity index is 3.11. The van der Waals surface area contributed by atoms with E-state index in [-0.39, 0.29) is 0 Å². The zero-order valence-electron chi connectivity index (χ0n) is 7.32. The lowest BCUT2D eigenvalue weighted by atomic mass is 10.0. The third kappa shape index (κ3) is 5.87. The van der Waals surface area contributed by atoms with E-state index >= 15 is 0 Å². The number of hydrogen-bond donors (Lipinski definition) is 0. The first kappa shape index (κ1) is 9.74. The second-order valence-corrected chi connectivity index (χ2v) is 3.24. The van der Waals surface area contributed by atoms with Gasteiger partial charge in [-0.3, -0.25) is 0 Å². The van der Waals surface area contributed by atoms with Crippen molar-refractivity contribution in [2.24, 2.45) is 5.92 Å². The summed E-state index contributed by atoms with van der Waals surface area (Å²) >= 11 is 0. The van der Waals surface area contributed by atoms with Gasteiger partial charge in [-0.05, 0) is 25.7 Å². The first-order chi connectivity index (χ1) is 4.66. The molecule has 0 N–H and O–H groups in total. The summed E-state index contributed by atoms with van der Waals surface area (Å²) in [7, 11) is 0. The van der Waals surface area contributed by atoms with Crippen molar-refractivity contribution < 1.29 is 0 Å². The molecular formula is C10H19. The largest absolute Gasteiger partial charge is 0.100 e. The molecule has 1 radical (unpaired) electrons. The fraction of sp³-hybridized carbons (Fsp3) is 0.700. The number of hydrogen-bond acceptors (Lipinski definition) is 0. The van der Waals surface area contributed by atoms with E-state index in [0.717, 1.165) is 12.3 Å². The molecule has 0 fully saturated rings. The van der Waals surface area contributed by atoms with Crippen LogP contribution in [0.25, 0.3) is 0 Å². The second-order valence-electron chi connectivity index (χ2n) is 3.24. The van der Waals surface area contributed by atoms with Crippen LogP contribution < -0.4 is 0 Å². The summed E-state index contributed by atoms with van der Waals surface area (Å²) in [5.74, 6) is 0.791. The predicted octanol–water partition coefficient (Wildman–Crippen LogP) is 3.59. The highest BCUT2D eigenvalue weighted by atomic mass is 14.0. The van der Waals surface area contributed by atoms with Crippen LogP contribution in [0.4, 0.5) is 0 Å². The Hall–Kier alpha value is -0.260. The Morgan fingerprint density at radius 2 is 2.10 bits per heavy atom. The van der Waals surface area contributed by atoms with Crippen LogP contribution in [0.1, 0.15) is 39.5 Å². The average molecular weight is 139 g/mol. The predicted molar refractivity (Wildman–Crippen MR) is 47.8 cm³/mol. The van der Waals surface area contributed by atoms with Crippen molar-refractivity contribution in [3.63, 3.8) is 0 Å². The van der Waals surface area contributed by atoms with Crippen molar-refractivity contribution in [1.82, 2.24) is 0 Å². The molecule has 0 aliphatic carbocycles. The van der Waals surface area contributed by atoms with Crippen molar-refractivity contribution in [2.45, 2.75) is 39.5 Å². The maximum absolute atomic E-state index is 3.86. The highest BCUT2D eigenvalue weighted by Gasteiger charge is 1.97. The molecule has 1 atom stereocenters. The van der Waals surface area contributed by atoms with Gasteiger partial charge in [0.1, 0.15) is 0 Å².